The smallest absolute Gasteiger partial charge is 0.227 e. The number of nitrogens with one attached hydrogen (secondary N) is 1. The molecule has 2 aliphatic rings. The van der Waals surface area contributed by atoms with Crippen molar-refractivity contribution in [2.75, 3.05) is 11.4 Å². The van der Waals surface area contributed by atoms with Crippen LogP contribution in [-0.2, 0) is 17.5 Å². The first kappa shape index (κ1) is 14.0. The van der Waals surface area contributed by atoms with Crippen LogP contribution in [0.1, 0.15) is 30.5 Å². The van der Waals surface area contributed by atoms with E-state index >= 15 is 0 Å². The van der Waals surface area contributed by atoms with E-state index < -0.39 is 8.32 Å². The van der Waals surface area contributed by atoms with Gasteiger partial charge in [-0.15, -0.1) is 0 Å². The van der Waals surface area contributed by atoms with Gasteiger partial charge in [-0.2, -0.15) is 0 Å². The zero-order valence-corrected chi connectivity index (χ0v) is 13.6. The predicted molar refractivity (Wildman–Crippen MR) is 82.0 cm³/mol. The van der Waals surface area contributed by atoms with Crippen LogP contribution in [0, 0.1) is 0 Å². The van der Waals surface area contributed by atoms with Crippen molar-refractivity contribution in [3.8, 4) is 0 Å². The molecule has 1 atom stereocenters. The minimum atomic E-state index is -1.55. The molecular formula is C14H24N4OSi. The lowest BCUT2D eigenvalue weighted by Gasteiger charge is -2.39. The van der Waals surface area contributed by atoms with Crippen LogP contribution in [0.15, 0.2) is 6.20 Å². The molecule has 2 aliphatic heterocycles. The van der Waals surface area contributed by atoms with Crippen molar-refractivity contribution in [1.82, 2.24) is 15.3 Å². The van der Waals surface area contributed by atoms with E-state index in [1.807, 2.05) is 6.20 Å². The van der Waals surface area contributed by atoms with Gasteiger partial charge in [-0.1, -0.05) is 0 Å². The van der Waals surface area contributed by atoms with Crippen LogP contribution >= 0.6 is 0 Å². The largest absolute Gasteiger partial charge is 0.398 e. The van der Waals surface area contributed by atoms with Crippen LogP contribution in [0.25, 0.3) is 0 Å². The highest BCUT2D eigenvalue weighted by Gasteiger charge is 2.30. The van der Waals surface area contributed by atoms with Crippen molar-refractivity contribution in [2.45, 2.75) is 58.2 Å². The zero-order valence-electron chi connectivity index (χ0n) is 12.6. The molecule has 0 aliphatic carbocycles. The summed E-state index contributed by atoms with van der Waals surface area (Å²) in [6.45, 7) is 9.48. The highest BCUT2D eigenvalue weighted by molar-refractivity contribution is 6.69. The minimum Gasteiger partial charge on any atom is -0.398 e. The van der Waals surface area contributed by atoms with Gasteiger partial charge in [-0.3, -0.25) is 0 Å². The van der Waals surface area contributed by atoms with E-state index in [0.29, 0.717) is 0 Å². The fourth-order valence-corrected chi connectivity index (χ4v) is 3.91. The monoisotopic (exact) mass is 292 g/mol. The van der Waals surface area contributed by atoms with Crippen molar-refractivity contribution in [3.05, 3.63) is 17.5 Å². The molecule has 0 saturated carbocycles. The minimum absolute atomic E-state index is 0.155. The second-order valence-corrected chi connectivity index (χ2v) is 11.1. The Labute approximate surface area is 121 Å². The van der Waals surface area contributed by atoms with E-state index in [1.165, 1.54) is 18.4 Å². The third kappa shape index (κ3) is 3.02. The lowest BCUT2D eigenvalue weighted by atomic mass is 10.1. The lowest BCUT2D eigenvalue weighted by molar-refractivity contribution is 0.156. The summed E-state index contributed by atoms with van der Waals surface area (Å²) in [4.78, 5) is 11.6. The second-order valence-electron chi connectivity index (χ2n) is 6.62. The van der Waals surface area contributed by atoms with Crippen LogP contribution in [0.5, 0.6) is 0 Å². The lowest BCUT2D eigenvalue weighted by Crippen LogP contribution is -2.47. The van der Waals surface area contributed by atoms with E-state index in [1.54, 1.807) is 0 Å². The molecule has 110 valence electrons. The number of rotatable bonds is 3. The third-order valence-electron chi connectivity index (χ3n) is 3.74. The summed E-state index contributed by atoms with van der Waals surface area (Å²) in [6.07, 6.45) is 5.64. The molecule has 1 unspecified atom stereocenters. The topological polar surface area (TPSA) is 50.3 Å². The number of hydrogen-bond donors (Lipinski definition) is 1. The molecule has 0 bridgehead atoms. The van der Waals surface area contributed by atoms with Gasteiger partial charge in [-0.05, 0) is 38.9 Å². The summed E-state index contributed by atoms with van der Waals surface area (Å²) in [5.41, 5.74) is 2.38. The van der Waals surface area contributed by atoms with Crippen molar-refractivity contribution in [3.63, 3.8) is 0 Å². The van der Waals surface area contributed by atoms with E-state index in [4.69, 9.17) is 9.41 Å². The number of hydrogen-bond acceptors (Lipinski definition) is 5. The molecule has 1 aromatic heterocycles. The molecule has 1 fully saturated rings. The molecule has 3 heterocycles. The average Bonchev–Trinajstić information content (AvgIpc) is 2.84. The number of piperidine rings is 1. The number of fused-ring (bicyclic) bond motifs is 1. The summed E-state index contributed by atoms with van der Waals surface area (Å²) < 4.78 is 6.33. The normalized spacial score (nSPS) is 22.9. The highest BCUT2D eigenvalue weighted by Crippen LogP contribution is 2.26. The molecule has 5 nitrogen and oxygen atoms in total. The maximum Gasteiger partial charge on any atom is 0.227 e. The summed E-state index contributed by atoms with van der Waals surface area (Å²) in [6, 6.07) is 0. The van der Waals surface area contributed by atoms with Gasteiger partial charge in [0.1, 0.15) is 6.23 Å². The van der Waals surface area contributed by atoms with Gasteiger partial charge in [0.05, 0.1) is 5.69 Å². The molecule has 1 aromatic rings. The van der Waals surface area contributed by atoms with Crippen molar-refractivity contribution >= 4 is 14.3 Å². The van der Waals surface area contributed by atoms with Gasteiger partial charge in [-0.25, -0.2) is 9.97 Å². The van der Waals surface area contributed by atoms with Crippen molar-refractivity contribution < 1.29 is 4.43 Å². The van der Waals surface area contributed by atoms with E-state index in [0.717, 1.165) is 37.7 Å². The van der Waals surface area contributed by atoms with Gasteiger partial charge in [0.2, 0.25) is 5.95 Å². The Balaban J connectivity index is 1.82. The molecule has 1 N–H and O–H groups in total. The summed E-state index contributed by atoms with van der Waals surface area (Å²) >= 11 is 0. The first-order chi connectivity index (χ1) is 9.53. The second kappa shape index (κ2) is 5.42. The third-order valence-corrected chi connectivity index (χ3v) is 4.72. The molecular weight excluding hydrogens is 268 g/mol. The molecule has 0 aromatic carbocycles. The van der Waals surface area contributed by atoms with E-state index in [9.17, 15) is 0 Å². The van der Waals surface area contributed by atoms with Gasteiger partial charge in [0.15, 0.2) is 8.32 Å². The van der Waals surface area contributed by atoms with Crippen LogP contribution in [0.2, 0.25) is 19.6 Å². The number of nitrogens with zero attached hydrogens (tertiary/aromatic N) is 3. The van der Waals surface area contributed by atoms with Crippen LogP contribution < -0.4 is 10.2 Å². The molecule has 20 heavy (non-hydrogen) atoms. The van der Waals surface area contributed by atoms with Gasteiger partial charge in [0, 0.05) is 31.4 Å². The Hall–Kier alpha value is -0.983. The first-order valence-electron chi connectivity index (χ1n) is 7.53. The average molecular weight is 292 g/mol. The molecule has 0 radical (unpaired) electrons. The molecule has 1 saturated heterocycles. The van der Waals surface area contributed by atoms with Crippen molar-refractivity contribution in [2.24, 2.45) is 0 Å². The first-order valence-corrected chi connectivity index (χ1v) is 10.9. The molecule has 0 amide bonds. The maximum absolute atomic E-state index is 6.33. The Morgan fingerprint density at radius 2 is 2.15 bits per heavy atom. The number of anilines is 1. The van der Waals surface area contributed by atoms with E-state index in [-0.39, 0.29) is 6.23 Å². The van der Waals surface area contributed by atoms with Gasteiger partial charge >= 0.3 is 0 Å². The van der Waals surface area contributed by atoms with Crippen LogP contribution in [-0.4, -0.2) is 31.1 Å². The fourth-order valence-electron chi connectivity index (χ4n) is 2.85. The predicted octanol–water partition coefficient (Wildman–Crippen LogP) is 2.25. The summed E-state index contributed by atoms with van der Waals surface area (Å²) in [5, 5.41) is 3.32. The van der Waals surface area contributed by atoms with Crippen LogP contribution in [0.3, 0.4) is 0 Å². The van der Waals surface area contributed by atoms with Gasteiger partial charge < -0.3 is 14.6 Å². The standard InChI is InChI=1S/C14H24N4OSi/c1-20(2,3)19-13-6-4-5-7-18(13)14-16-9-11-8-15-10-12(11)17-14/h9,13,15H,4-8,10H2,1-3H3. The zero-order chi connectivity index (χ0) is 14.2. The fraction of sp³-hybridized carbons (Fsp3) is 0.714. The quantitative estimate of drug-likeness (QED) is 0.866. The van der Waals surface area contributed by atoms with Crippen LogP contribution in [0.4, 0.5) is 5.95 Å². The maximum atomic E-state index is 6.33. The Morgan fingerprint density at radius 1 is 1.30 bits per heavy atom. The molecule has 6 heteroatoms. The Bertz CT molecular complexity index is 489. The van der Waals surface area contributed by atoms with E-state index in [2.05, 4.69) is 34.8 Å². The molecule has 0 spiro atoms. The van der Waals surface area contributed by atoms with Gasteiger partial charge in [0.25, 0.3) is 0 Å². The Morgan fingerprint density at radius 3 is 2.95 bits per heavy atom. The molecule has 3 rings (SSSR count). The summed E-state index contributed by atoms with van der Waals surface area (Å²) in [5.74, 6) is 0.843. The summed E-state index contributed by atoms with van der Waals surface area (Å²) in [7, 11) is -1.55. The Kier molecular flexibility index (Phi) is 3.79. The van der Waals surface area contributed by atoms with Crippen molar-refractivity contribution in [1.29, 1.82) is 0 Å². The SMILES string of the molecule is C[Si](C)(C)OC1CCCCN1c1ncc2c(n1)CNC2. The highest BCUT2D eigenvalue weighted by atomic mass is 28.4. The number of aromatic nitrogens is 2.